The van der Waals surface area contributed by atoms with Crippen LogP contribution >= 0.6 is 0 Å². The third kappa shape index (κ3) is 1.47. The highest BCUT2D eigenvalue weighted by molar-refractivity contribution is 5.13. The summed E-state index contributed by atoms with van der Waals surface area (Å²) in [7, 11) is 4.10. The molecule has 4 bridgehead atoms. The Morgan fingerprint density at radius 3 is 2.41 bits per heavy atom. The molecule has 4 aliphatic carbocycles. The first-order chi connectivity index (χ1) is 7.89. The fourth-order valence-corrected chi connectivity index (χ4v) is 6.10. The van der Waals surface area contributed by atoms with Crippen LogP contribution in [0, 0.1) is 41.5 Å². The quantitative estimate of drug-likeness (QED) is 0.709. The molecule has 0 saturated heterocycles. The topological polar surface area (TPSA) is 16.6 Å². The Kier molecular flexibility index (Phi) is 2.47. The third-order valence-corrected chi connectivity index (χ3v) is 6.72. The first-order valence-corrected chi connectivity index (χ1v) is 7.52. The van der Waals surface area contributed by atoms with Gasteiger partial charge < -0.3 is 5.32 Å². The molecule has 0 aromatic carbocycles. The highest BCUT2D eigenvalue weighted by Gasteiger charge is 2.64. The van der Waals surface area contributed by atoms with E-state index in [1.165, 1.54) is 25.7 Å². The zero-order valence-corrected chi connectivity index (χ0v) is 12.0. The first kappa shape index (κ1) is 12.0. The second-order valence-electron chi connectivity index (χ2n) is 8.15. The Morgan fingerprint density at radius 2 is 1.88 bits per heavy atom. The normalized spacial score (nSPS) is 56.8. The standard InChI is InChI=1S/C16H29N/c1-10(2)11-7-15(3)9-16(4)8-12(11)13(15)6-14(16)17-5/h10-14H,5-9,17H2,1-4H3/t11?,12?,13?,14-,15?,16?/m1/s1. The molecule has 1 nitrogen and oxygen atoms in total. The minimum atomic E-state index is 0.569. The van der Waals surface area contributed by atoms with Crippen LogP contribution in [0.15, 0.2) is 0 Å². The van der Waals surface area contributed by atoms with Crippen LogP contribution in [-0.4, -0.2) is 6.04 Å². The maximum Gasteiger partial charge on any atom is 0.0677 e. The van der Waals surface area contributed by atoms with Gasteiger partial charge in [0.05, 0.1) is 6.04 Å². The molecular weight excluding hydrogens is 206 g/mol. The average molecular weight is 235 g/mol. The van der Waals surface area contributed by atoms with Crippen LogP contribution in [0.1, 0.15) is 53.4 Å². The van der Waals surface area contributed by atoms with Gasteiger partial charge in [-0.2, -0.15) is 7.05 Å². The van der Waals surface area contributed by atoms with Gasteiger partial charge in [0.15, 0.2) is 0 Å². The van der Waals surface area contributed by atoms with E-state index in [0.717, 1.165) is 29.7 Å². The predicted molar refractivity (Wildman–Crippen MR) is 71.1 cm³/mol. The Labute approximate surface area is 107 Å². The molecule has 4 fully saturated rings. The van der Waals surface area contributed by atoms with E-state index in [1.54, 1.807) is 0 Å². The Balaban J connectivity index is 1.94. The van der Waals surface area contributed by atoms with Crippen LogP contribution in [0.25, 0.3) is 0 Å². The van der Waals surface area contributed by atoms with Crippen LogP contribution < -0.4 is 5.32 Å². The van der Waals surface area contributed by atoms with Gasteiger partial charge in [0.2, 0.25) is 0 Å². The van der Waals surface area contributed by atoms with Gasteiger partial charge in [-0.3, -0.25) is 0 Å². The molecule has 2 N–H and O–H groups in total. The molecule has 17 heavy (non-hydrogen) atoms. The highest BCUT2D eigenvalue weighted by Crippen LogP contribution is 2.69. The Hall–Kier alpha value is -0.0400. The van der Waals surface area contributed by atoms with Crippen LogP contribution in [0.3, 0.4) is 0 Å². The Bertz CT molecular complexity index is 323. The van der Waals surface area contributed by atoms with E-state index in [1.807, 2.05) is 0 Å². The van der Waals surface area contributed by atoms with Crippen molar-refractivity contribution in [1.82, 2.24) is 0 Å². The van der Waals surface area contributed by atoms with Gasteiger partial charge in [-0.15, -0.1) is 0 Å². The number of hydrogen-bond acceptors (Lipinski definition) is 0. The number of nitrogens with two attached hydrogens (primary N) is 1. The molecule has 98 valence electrons. The summed E-state index contributed by atoms with van der Waals surface area (Å²) < 4.78 is 0. The van der Waals surface area contributed by atoms with Crippen molar-refractivity contribution < 1.29 is 5.32 Å². The molecule has 4 aliphatic rings. The molecule has 6 atom stereocenters. The van der Waals surface area contributed by atoms with E-state index in [9.17, 15) is 0 Å². The van der Waals surface area contributed by atoms with Crippen LogP contribution in [0.5, 0.6) is 0 Å². The molecule has 4 saturated carbocycles. The maximum atomic E-state index is 4.10. The zero-order valence-electron chi connectivity index (χ0n) is 12.0. The molecule has 0 amide bonds. The number of rotatable bonds is 2. The summed E-state index contributed by atoms with van der Waals surface area (Å²) in [5.41, 5.74) is 1.23. The molecular formula is C16H29N. The predicted octanol–water partition coefficient (Wildman–Crippen LogP) is 2.83. The lowest BCUT2D eigenvalue weighted by Gasteiger charge is -2.57. The van der Waals surface area contributed by atoms with Gasteiger partial charge in [0, 0.05) is 11.8 Å². The molecule has 0 spiro atoms. The van der Waals surface area contributed by atoms with E-state index in [0.29, 0.717) is 10.8 Å². The summed E-state index contributed by atoms with van der Waals surface area (Å²) in [6, 6.07) is 0.794. The van der Waals surface area contributed by atoms with Gasteiger partial charge in [-0.05, 0) is 48.3 Å². The average Bonchev–Trinajstić information content (AvgIpc) is 2.43. The van der Waals surface area contributed by atoms with Gasteiger partial charge in [0.25, 0.3) is 0 Å². The van der Waals surface area contributed by atoms with Crippen molar-refractivity contribution in [3.8, 4) is 0 Å². The van der Waals surface area contributed by atoms with Crippen molar-refractivity contribution >= 4 is 0 Å². The molecule has 4 rings (SSSR count). The lowest BCUT2D eigenvalue weighted by molar-refractivity contribution is -0.659. The van der Waals surface area contributed by atoms with E-state index in [-0.39, 0.29) is 0 Å². The molecule has 0 aromatic heterocycles. The molecule has 0 radical (unpaired) electrons. The van der Waals surface area contributed by atoms with Crippen molar-refractivity contribution in [2.75, 3.05) is 0 Å². The molecule has 1 heteroatoms. The summed E-state index contributed by atoms with van der Waals surface area (Å²) in [4.78, 5) is 0. The highest BCUT2D eigenvalue weighted by atomic mass is 14.9. The molecule has 0 heterocycles. The molecule has 0 aromatic rings. The zero-order chi connectivity index (χ0) is 12.4. The van der Waals surface area contributed by atoms with Gasteiger partial charge in [0.1, 0.15) is 0 Å². The summed E-state index contributed by atoms with van der Waals surface area (Å²) in [6.45, 7) is 10.0. The fourth-order valence-electron chi connectivity index (χ4n) is 6.10. The molecule has 0 aliphatic heterocycles. The maximum absolute atomic E-state index is 4.10. The number of hydrogen-bond donors (Lipinski definition) is 1. The van der Waals surface area contributed by atoms with E-state index < -0.39 is 0 Å². The van der Waals surface area contributed by atoms with Crippen molar-refractivity contribution in [2.24, 2.45) is 34.5 Å². The lowest BCUT2D eigenvalue weighted by Crippen LogP contribution is -2.89. The van der Waals surface area contributed by atoms with Crippen molar-refractivity contribution in [3.63, 3.8) is 0 Å². The summed E-state index contributed by atoms with van der Waals surface area (Å²) in [5.74, 6) is 3.90. The van der Waals surface area contributed by atoms with E-state index in [4.69, 9.17) is 0 Å². The van der Waals surface area contributed by atoms with Gasteiger partial charge in [-0.1, -0.05) is 27.7 Å². The van der Waals surface area contributed by atoms with E-state index in [2.05, 4.69) is 40.1 Å². The van der Waals surface area contributed by atoms with Crippen molar-refractivity contribution in [1.29, 1.82) is 0 Å². The number of quaternary nitrogens is 1. The van der Waals surface area contributed by atoms with Gasteiger partial charge >= 0.3 is 0 Å². The van der Waals surface area contributed by atoms with E-state index >= 15 is 0 Å². The molecule has 5 unspecified atom stereocenters. The lowest BCUT2D eigenvalue weighted by atomic mass is 9.49. The summed E-state index contributed by atoms with van der Waals surface area (Å²) >= 11 is 0. The Morgan fingerprint density at radius 1 is 1.18 bits per heavy atom. The second kappa shape index (κ2) is 3.50. The second-order valence-corrected chi connectivity index (χ2v) is 8.15. The largest absolute Gasteiger partial charge is 0.476 e. The summed E-state index contributed by atoms with van der Waals surface area (Å²) in [5, 5.41) is 2.26. The monoisotopic (exact) mass is 235 g/mol. The SMILES string of the molecule is [CH2-][NH2+][C@@H]1CC2C3CC1(C)CC2(C)CC3C(C)C. The van der Waals surface area contributed by atoms with Crippen LogP contribution in [0.4, 0.5) is 0 Å². The van der Waals surface area contributed by atoms with Crippen LogP contribution in [0.2, 0.25) is 0 Å². The van der Waals surface area contributed by atoms with Gasteiger partial charge in [-0.25, -0.2) is 0 Å². The third-order valence-electron chi connectivity index (χ3n) is 6.72. The minimum Gasteiger partial charge on any atom is -0.476 e. The first-order valence-electron chi connectivity index (χ1n) is 7.52. The fraction of sp³-hybridized carbons (Fsp3) is 0.938. The van der Waals surface area contributed by atoms with Crippen molar-refractivity contribution in [2.45, 2.75) is 59.4 Å². The van der Waals surface area contributed by atoms with Crippen LogP contribution in [-0.2, 0) is 0 Å². The smallest absolute Gasteiger partial charge is 0.0677 e. The van der Waals surface area contributed by atoms with Crippen molar-refractivity contribution in [3.05, 3.63) is 7.05 Å². The summed E-state index contributed by atoms with van der Waals surface area (Å²) in [6.07, 6.45) is 5.87. The minimum absolute atomic E-state index is 0.569. The number of fused-ring (bicyclic) bond motifs is 1.